The van der Waals surface area contributed by atoms with Gasteiger partial charge in [0.1, 0.15) is 11.6 Å². The number of amides is 1. The molecule has 4 rings (SSSR count). The molecule has 1 fully saturated rings. The van der Waals surface area contributed by atoms with Crippen molar-refractivity contribution in [1.29, 1.82) is 0 Å². The Morgan fingerprint density at radius 1 is 1.24 bits per heavy atom. The summed E-state index contributed by atoms with van der Waals surface area (Å²) in [5.41, 5.74) is 1.36. The van der Waals surface area contributed by atoms with Crippen molar-refractivity contribution in [1.82, 2.24) is 14.9 Å². The number of benzene rings is 1. The van der Waals surface area contributed by atoms with Crippen molar-refractivity contribution in [2.75, 3.05) is 32.1 Å². The Balaban J connectivity index is 1.59. The van der Waals surface area contributed by atoms with Gasteiger partial charge in [-0.2, -0.15) is 0 Å². The molecular weight excluding hydrogens is 378 g/mol. The minimum atomic E-state index is -0.688. The van der Waals surface area contributed by atoms with Crippen LogP contribution in [0.15, 0.2) is 23.0 Å². The molecule has 1 aliphatic carbocycles. The van der Waals surface area contributed by atoms with Crippen LogP contribution in [0.4, 0.5) is 14.7 Å². The highest BCUT2D eigenvalue weighted by Gasteiger charge is 2.45. The second kappa shape index (κ2) is 7.24. The van der Waals surface area contributed by atoms with Crippen LogP contribution < -0.4 is 10.5 Å². The molecule has 1 N–H and O–H groups in total. The molecule has 0 bridgehead atoms. The number of carbonyl (C=O) groups excluding carboxylic acids is 1. The summed E-state index contributed by atoms with van der Waals surface area (Å²) in [7, 11) is 3.64. The quantitative estimate of drug-likeness (QED) is 0.854. The Morgan fingerprint density at radius 2 is 1.97 bits per heavy atom. The van der Waals surface area contributed by atoms with Gasteiger partial charge in [-0.05, 0) is 43.4 Å². The van der Waals surface area contributed by atoms with Gasteiger partial charge < -0.3 is 9.80 Å². The van der Waals surface area contributed by atoms with Gasteiger partial charge in [0.05, 0.1) is 12.1 Å². The van der Waals surface area contributed by atoms with Crippen molar-refractivity contribution < 1.29 is 13.6 Å². The number of hydrogen-bond donors (Lipinski definition) is 1. The van der Waals surface area contributed by atoms with Crippen LogP contribution in [-0.2, 0) is 23.1 Å². The molecule has 1 aromatic carbocycles. The van der Waals surface area contributed by atoms with E-state index in [1.54, 1.807) is 9.80 Å². The maximum atomic E-state index is 13.5. The third-order valence-electron chi connectivity index (χ3n) is 5.99. The van der Waals surface area contributed by atoms with E-state index in [2.05, 4.69) is 4.98 Å². The minimum Gasteiger partial charge on any atom is -0.348 e. The number of hydrogen-bond acceptors (Lipinski definition) is 4. The second-order valence-corrected chi connectivity index (χ2v) is 8.26. The number of H-pyrrole nitrogens is 1. The standard InChI is InChI=1S/C21H24F2N4O2/c1-26(2)20-24-18-16(19(29)25-20)4-6-21(18)5-3-7-27(12-21)17(28)10-13-8-14(22)11-15(23)9-13/h8-9,11H,3-7,10,12H2,1-2H3,(H,24,25,29). The summed E-state index contributed by atoms with van der Waals surface area (Å²) >= 11 is 0. The SMILES string of the molecule is CN(C)c1nc2c(c(=O)[nH]1)CCC21CCCN(C(=O)Cc2cc(F)cc(F)c2)C1. The van der Waals surface area contributed by atoms with Crippen molar-refractivity contribution in [2.45, 2.75) is 37.5 Å². The van der Waals surface area contributed by atoms with E-state index in [9.17, 15) is 18.4 Å². The molecular formula is C21H24F2N4O2. The molecule has 2 aliphatic rings. The average Bonchev–Trinajstić information content (AvgIpc) is 2.99. The molecule has 6 nitrogen and oxygen atoms in total. The van der Waals surface area contributed by atoms with Crippen molar-refractivity contribution >= 4 is 11.9 Å². The topological polar surface area (TPSA) is 69.3 Å². The summed E-state index contributed by atoms with van der Waals surface area (Å²) in [5, 5.41) is 0. The zero-order chi connectivity index (χ0) is 20.8. The first-order valence-corrected chi connectivity index (χ1v) is 9.81. The van der Waals surface area contributed by atoms with Gasteiger partial charge in [-0.3, -0.25) is 14.6 Å². The third-order valence-corrected chi connectivity index (χ3v) is 5.99. The number of likely N-dealkylation sites (tertiary alicyclic amines) is 1. The van der Waals surface area contributed by atoms with E-state index in [0.717, 1.165) is 31.0 Å². The van der Waals surface area contributed by atoms with Crippen LogP contribution >= 0.6 is 0 Å². The normalized spacial score (nSPS) is 20.8. The predicted octanol–water partition coefficient (Wildman–Crippen LogP) is 2.16. The zero-order valence-corrected chi connectivity index (χ0v) is 16.6. The molecule has 1 amide bonds. The maximum Gasteiger partial charge on any atom is 0.255 e. The summed E-state index contributed by atoms with van der Waals surface area (Å²) in [6, 6.07) is 3.18. The molecule has 1 atom stereocenters. The van der Waals surface area contributed by atoms with Gasteiger partial charge in [-0.25, -0.2) is 13.8 Å². The Kier molecular flexibility index (Phi) is 4.88. The average molecular weight is 402 g/mol. The van der Waals surface area contributed by atoms with Crippen LogP contribution in [-0.4, -0.2) is 48.0 Å². The van der Waals surface area contributed by atoms with E-state index in [4.69, 9.17) is 4.98 Å². The van der Waals surface area contributed by atoms with E-state index in [0.29, 0.717) is 36.6 Å². The summed E-state index contributed by atoms with van der Waals surface area (Å²) in [6.07, 6.45) is 3.02. The minimum absolute atomic E-state index is 0.0522. The van der Waals surface area contributed by atoms with Crippen molar-refractivity contribution in [3.63, 3.8) is 0 Å². The van der Waals surface area contributed by atoms with Gasteiger partial charge in [0.25, 0.3) is 5.56 Å². The maximum absolute atomic E-state index is 13.5. The first-order chi connectivity index (χ1) is 13.8. The largest absolute Gasteiger partial charge is 0.348 e. The summed E-state index contributed by atoms with van der Waals surface area (Å²) in [4.78, 5) is 36.4. The van der Waals surface area contributed by atoms with Crippen molar-refractivity contribution in [3.8, 4) is 0 Å². The molecule has 1 aromatic heterocycles. The van der Waals surface area contributed by atoms with Gasteiger partial charge >= 0.3 is 0 Å². The van der Waals surface area contributed by atoms with E-state index in [-0.39, 0.29) is 23.3 Å². The van der Waals surface area contributed by atoms with Crippen LogP contribution in [0.3, 0.4) is 0 Å². The molecule has 1 unspecified atom stereocenters. The van der Waals surface area contributed by atoms with E-state index in [1.165, 1.54) is 12.1 Å². The molecule has 0 saturated carbocycles. The third kappa shape index (κ3) is 3.63. The van der Waals surface area contributed by atoms with Crippen LogP contribution in [0.2, 0.25) is 0 Å². The number of fused-ring (bicyclic) bond motifs is 2. The number of halogens is 2. The van der Waals surface area contributed by atoms with E-state index >= 15 is 0 Å². The second-order valence-electron chi connectivity index (χ2n) is 8.26. The smallest absolute Gasteiger partial charge is 0.255 e. The van der Waals surface area contributed by atoms with E-state index in [1.807, 2.05) is 14.1 Å². The highest BCUT2D eigenvalue weighted by atomic mass is 19.1. The molecule has 1 saturated heterocycles. The molecule has 8 heteroatoms. The number of anilines is 1. The van der Waals surface area contributed by atoms with Crippen molar-refractivity contribution in [2.24, 2.45) is 0 Å². The summed E-state index contributed by atoms with van der Waals surface area (Å²) in [6.45, 7) is 1.07. The highest BCUT2D eigenvalue weighted by molar-refractivity contribution is 5.79. The zero-order valence-electron chi connectivity index (χ0n) is 16.6. The van der Waals surface area contributed by atoms with Crippen LogP contribution in [0.5, 0.6) is 0 Å². The van der Waals surface area contributed by atoms with Crippen LogP contribution in [0.25, 0.3) is 0 Å². The predicted molar refractivity (Wildman–Crippen MR) is 105 cm³/mol. The molecule has 29 heavy (non-hydrogen) atoms. The summed E-state index contributed by atoms with van der Waals surface area (Å²) < 4.78 is 26.9. The Labute approximate surface area is 167 Å². The molecule has 154 valence electrons. The van der Waals surface area contributed by atoms with Gasteiger partial charge in [0.2, 0.25) is 11.9 Å². The Morgan fingerprint density at radius 3 is 2.66 bits per heavy atom. The fourth-order valence-corrected chi connectivity index (χ4v) is 4.59. The lowest BCUT2D eigenvalue weighted by molar-refractivity contribution is -0.132. The Hall–Kier alpha value is -2.77. The number of carbonyl (C=O) groups is 1. The number of nitrogens with zero attached hydrogens (tertiary/aromatic N) is 3. The highest BCUT2D eigenvalue weighted by Crippen LogP contribution is 2.43. The van der Waals surface area contributed by atoms with Gasteiger partial charge in [-0.15, -0.1) is 0 Å². The lowest BCUT2D eigenvalue weighted by Crippen LogP contribution is -2.48. The lowest BCUT2D eigenvalue weighted by Gasteiger charge is -2.40. The molecule has 0 radical (unpaired) electrons. The fraction of sp³-hybridized carbons (Fsp3) is 0.476. The monoisotopic (exact) mass is 402 g/mol. The number of rotatable bonds is 3. The van der Waals surface area contributed by atoms with Crippen LogP contribution in [0.1, 0.15) is 36.1 Å². The number of aromatic amines is 1. The number of aromatic nitrogens is 2. The first-order valence-electron chi connectivity index (χ1n) is 9.81. The molecule has 1 spiro atoms. The van der Waals surface area contributed by atoms with Gasteiger partial charge in [0.15, 0.2) is 0 Å². The molecule has 2 heterocycles. The van der Waals surface area contributed by atoms with Crippen molar-refractivity contribution in [3.05, 3.63) is 57.0 Å². The first kappa shape index (κ1) is 19.5. The number of nitrogens with one attached hydrogen (secondary N) is 1. The van der Waals surface area contributed by atoms with Gasteiger partial charge in [-0.1, -0.05) is 0 Å². The molecule has 1 aliphatic heterocycles. The van der Waals surface area contributed by atoms with Gasteiger partial charge in [0, 0.05) is 44.2 Å². The van der Waals surface area contributed by atoms with E-state index < -0.39 is 11.6 Å². The lowest BCUT2D eigenvalue weighted by atomic mass is 9.77. The summed E-state index contributed by atoms with van der Waals surface area (Å²) in [5.74, 6) is -1.03. The number of piperidine rings is 1. The molecule has 2 aromatic rings. The fourth-order valence-electron chi connectivity index (χ4n) is 4.59. The van der Waals surface area contributed by atoms with Crippen LogP contribution in [0, 0.1) is 11.6 Å². The Bertz CT molecular complexity index is 1000.